The number of aromatic nitrogens is 1. The highest BCUT2D eigenvalue weighted by Gasteiger charge is 2.36. The van der Waals surface area contributed by atoms with Gasteiger partial charge in [0.2, 0.25) is 0 Å². The van der Waals surface area contributed by atoms with Gasteiger partial charge in [0.1, 0.15) is 0 Å². The molecule has 1 aliphatic rings. The Hall–Kier alpha value is -1.29. The lowest BCUT2D eigenvalue weighted by atomic mass is 9.94. The summed E-state index contributed by atoms with van der Waals surface area (Å²) in [6.07, 6.45) is 2.79. The Bertz CT molecular complexity index is 357. The maximum Gasteiger partial charge on any atom is 0.171 e. The van der Waals surface area contributed by atoms with Crippen LogP contribution in [-0.4, -0.2) is 30.2 Å². The van der Waals surface area contributed by atoms with Gasteiger partial charge in [-0.05, 0) is 25.5 Å². The van der Waals surface area contributed by atoms with Gasteiger partial charge in [-0.3, -0.25) is 0 Å². The summed E-state index contributed by atoms with van der Waals surface area (Å²) in [4.78, 5) is 6.52. The Morgan fingerprint density at radius 2 is 2.31 bits per heavy atom. The highest BCUT2D eigenvalue weighted by atomic mass is 16.5. The van der Waals surface area contributed by atoms with Gasteiger partial charge in [-0.15, -0.1) is 0 Å². The Balaban J connectivity index is 2.08. The van der Waals surface area contributed by atoms with Gasteiger partial charge in [-0.1, -0.05) is 6.92 Å². The second-order valence-electron chi connectivity index (χ2n) is 4.68. The summed E-state index contributed by atoms with van der Waals surface area (Å²) >= 11 is 0. The number of hydrogen-bond acceptors (Lipinski definition) is 4. The molecule has 1 aliphatic heterocycles. The molecule has 4 nitrogen and oxygen atoms in total. The zero-order chi connectivity index (χ0) is 11.6. The number of nitrogens with two attached hydrogens (primary N) is 1. The summed E-state index contributed by atoms with van der Waals surface area (Å²) < 4.78 is 5.67. The molecule has 0 aromatic carbocycles. The van der Waals surface area contributed by atoms with E-state index in [1.54, 1.807) is 6.20 Å². The minimum Gasteiger partial charge on any atom is -0.490 e. The first kappa shape index (κ1) is 11.2. The molecule has 0 amide bonds. The van der Waals surface area contributed by atoms with Crippen molar-refractivity contribution in [1.29, 1.82) is 0 Å². The van der Waals surface area contributed by atoms with Crippen LogP contribution in [0.3, 0.4) is 0 Å². The second-order valence-corrected chi connectivity index (χ2v) is 4.68. The van der Waals surface area contributed by atoms with E-state index in [-0.39, 0.29) is 5.54 Å². The lowest BCUT2D eigenvalue weighted by Gasteiger charge is -2.46. The lowest BCUT2D eigenvalue weighted by Crippen LogP contribution is -2.65. The summed E-state index contributed by atoms with van der Waals surface area (Å²) in [7, 11) is 0. The van der Waals surface area contributed by atoms with Crippen molar-refractivity contribution in [3.8, 4) is 5.75 Å². The van der Waals surface area contributed by atoms with Gasteiger partial charge in [0.15, 0.2) is 11.6 Å². The maximum absolute atomic E-state index is 5.99. The SMILES string of the molecule is CCCOc1cccnc1N1CC(C)(N)C1. The normalized spacial score (nSPS) is 18.1. The Morgan fingerprint density at radius 3 is 2.94 bits per heavy atom. The Labute approximate surface area is 96.4 Å². The van der Waals surface area contributed by atoms with Gasteiger partial charge < -0.3 is 15.4 Å². The summed E-state index contributed by atoms with van der Waals surface area (Å²) in [6, 6.07) is 3.86. The molecule has 2 N–H and O–H groups in total. The fraction of sp³-hybridized carbons (Fsp3) is 0.583. The van der Waals surface area contributed by atoms with Crippen molar-refractivity contribution in [3.05, 3.63) is 18.3 Å². The van der Waals surface area contributed by atoms with Gasteiger partial charge in [0.05, 0.1) is 6.61 Å². The van der Waals surface area contributed by atoms with Crippen molar-refractivity contribution in [3.63, 3.8) is 0 Å². The number of ether oxygens (including phenoxy) is 1. The van der Waals surface area contributed by atoms with E-state index in [0.717, 1.165) is 37.7 Å². The lowest BCUT2D eigenvalue weighted by molar-refractivity contribution is 0.308. The molecule has 0 atom stereocenters. The van der Waals surface area contributed by atoms with E-state index in [9.17, 15) is 0 Å². The van der Waals surface area contributed by atoms with Crippen molar-refractivity contribution in [2.45, 2.75) is 25.8 Å². The second kappa shape index (κ2) is 4.29. The maximum atomic E-state index is 5.99. The third-order valence-electron chi connectivity index (χ3n) is 2.62. The minimum atomic E-state index is -0.0838. The van der Waals surface area contributed by atoms with E-state index in [2.05, 4.69) is 23.7 Å². The van der Waals surface area contributed by atoms with Gasteiger partial charge in [0.25, 0.3) is 0 Å². The van der Waals surface area contributed by atoms with Crippen molar-refractivity contribution in [2.75, 3.05) is 24.6 Å². The van der Waals surface area contributed by atoms with Crippen LogP contribution in [0.5, 0.6) is 5.75 Å². The molecule has 0 aliphatic carbocycles. The molecule has 1 aromatic rings. The quantitative estimate of drug-likeness (QED) is 0.835. The van der Waals surface area contributed by atoms with Crippen LogP contribution in [-0.2, 0) is 0 Å². The van der Waals surface area contributed by atoms with Crippen LogP contribution in [0.4, 0.5) is 5.82 Å². The number of pyridine rings is 1. The van der Waals surface area contributed by atoms with Crippen molar-refractivity contribution < 1.29 is 4.74 Å². The summed E-state index contributed by atoms with van der Waals surface area (Å²) in [5, 5.41) is 0. The first-order chi connectivity index (χ1) is 7.62. The van der Waals surface area contributed by atoms with E-state index in [1.165, 1.54) is 0 Å². The molecular weight excluding hydrogens is 202 g/mol. The number of hydrogen-bond donors (Lipinski definition) is 1. The molecule has 1 aromatic heterocycles. The minimum absolute atomic E-state index is 0.0838. The summed E-state index contributed by atoms with van der Waals surface area (Å²) in [6.45, 7) is 6.56. The van der Waals surface area contributed by atoms with Gasteiger partial charge in [0, 0.05) is 24.8 Å². The number of rotatable bonds is 4. The fourth-order valence-corrected chi connectivity index (χ4v) is 1.92. The predicted octanol–water partition coefficient (Wildman–Crippen LogP) is 1.41. The third-order valence-corrected chi connectivity index (χ3v) is 2.62. The van der Waals surface area contributed by atoms with Crippen molar-refractivity contribution in [2.24, 2.45) is 5.73 Å². The standard InChI is InChI=1S/C12H19N3O/c1-3-7-16-10-5-4-6-14-11(10)15-8-12(2,13)9-15/h4-6H,3,7-9,13H2,1-2H3. The molecular formula is C12H19N3O. The predicted molar refractivity (Wildman–Crippen MR) is 64.8 cm³/mol. The topological polar surface area (TPSA) is 51.4 Å². The molecule has 0 saturated carbocycles. The van der Waals surface area contributed by atoms with Crippen LogP contribution in [0.1, 0.15) is 20.3 Å². The highest BCUT2D eigenvalue weighted by molar-refractivity contribution is 5.55. The Morgan fingerprint density at radius 1 is 1.56 bits per heavy atom. The van der Waals surface area contributed by atoms with Crippen LogP contribution in [0.15, 0.2) is 18.3 Å². The van der Waals surface area contributed by atoms with Crippen LogP contribution >= 0.6 is 0 Å². The van der Waals surface area contributed by atoms with E-state index >= 15 is 0 Å². The van der Waals surface area contributed by atoms with E-state index in [4.69, 9.17) is 10.5 Å². The van der Waals surface area contributed by atoms with E-state index in [0.29, 0.717) is 0 Å². The van der Waals surface area contributed by atoms with Crippen LogP contribution < -0.4 is 15.4 Å². The molecule has 0 spiro atoms. The first-order valence-electron chi connectivity index (χ1n) is 5.74. The largest absolute Gasteiger partial charge is 0.490 e. The third kappa shape index (κ3) is 2.27. The van der Waals surface area contributed by atoms with Crippen molar-refractivity contribution in [1.82, 2.24) is 4.98 Å². The van der Waals surface area contributed by atoms with Crippen molar-refractivity contribution >= 4 is 5.82 Å². The van der Waals surface area contributed by atoms with Gasteiger partial charge >= 0.3 is 0 Å². The molecule has 0 unspecified atom stereocenters. The zero-order valence-corrected chi connectivity index (χ0v) is 9.94. The molecule has 0 radical (unpaired) electrons. The molecule has 88 valence electrons. The van der Waals surface area contributed by atoms with E-state index < -0.39 is 0 Å². The highest BCUT2D eigenvalue weighted by Crippen LogP contribution is 2.31. The molecule has 1 saturated heterocycles. The Kier molecular flexibility index (Phi) is 3.01. The molecule has 0 bridgehead atoms. The first-order valence-corrected chi connectivity index (χ1v) is 5.74. The monoisotopic (exact) mass is 221 g/mol. The molecule has 16 heavy (non-hydrogen) atoms. The van der Waals surface area contributed by atoms with Gasteiger partial charge in [-0.2, -0.15) is 0 Å². The number of anilines is 1. The van der Waals surface area contributed by atoms with Crippen LogP contribution in [0.25, 0.3) is 0 Å². The van der Waals surface area contributed by atoms with Gasteiger partial charge in [-0.25, -0.2) is 4.98 Å². The molecule has 1 fully saturated rings. The molecule has 2 heterocycles. The molecule has 4 heteroatoms. The fourth-order valence-electron chi connectivity index (χ4n) is 1.92. The smallest absolute Gasteiger partial charge is 0.171 e. The van der Waals surface area contributed by atoms with Crippen LogP contribution in [0.2, 0.25) is 0 Å². The number of nitrogens with zero attached hydrogens (tertiary/aromatic N) is 2. The average Bonchev–Trinajstić information content (AvgIpc) is 2.23. The van der Waals surface area contributed by atoms with E-state index in [1.807, 2.05) is 12.1 Å². The van der Waals surface area contributed by atoms with Crippen LogP contribution in [0, 0.1) is 0 Å². The summed E-state index contributed by atoms with van der Waals surface area (Å²) in [5.41, 5.74) is 5.91. The average molecular weight is 221 g/mol. The molecule has 2 rings (SSSR count). The zero-order valence-electron chi connectivity index (χ0n) is 9.94. The summed E-state index contributed by atoms with van der Waals surface area (Å²) in [5.74, 6) is 1.78.